The fourth-order valence-corrected chi connectivity index (χ4v) is 2.88. The molecule has 0 amide bonds. The van der Waals surface area contributed by atoms with Crippen molar-refractivity contribution in [2.45, 2.75) is 25.8 Å². The highest BCUT2D eigenvalue weighted by Crippen LogP contribution is 2.28. The SMILES string of the molecule is Fc1ccc(CNc2ccccc2N2CCCCC2)cc1F. The summed E-state index contributed by atoms with van der Waals surface area (Å²) >= 11 is 0. The number of piperidine rings is 1. The van der Waals surface area contributed by atoms with Crippen molar-refractivity contribution in [1.29, 1.82) is 0 Å². The van der Waals surface area contributed by atoms with E-state index in [4.69, 9.17) is 0 Å². The van der Waals surface area contributed by atoms with E-state index in [-0.39, 0.29) is 0 Å². The molecule has 2 nitrogen and oxygen atoms in total. The van der Waals surface area contributed by atoms with Crippen LogP contribution in [0.25, 0.3) is 0 Å². The van der Waals surface area contributed by atoms with E-state index >= 15 is 0 Å². The zero-order chi connectivity index (χ0) is 15.4. The van der Waals surface area contributed by atoms with E-state index in [0.717, 1.165) is 24.3 Å². The van der Waals surface area contributed by atoms with Crippen LogP contribution in [-0.2, 0) is 6.54 Å². The van der Waals surface area contributed by atoms with Crippen LogP contribution in [0.1, 0.15) is 24.8 Å². The molecule has 22 heavy (non-hydrogen) atoms. The average Bonchev–Trinajstić information content (AvgIpc) is 2.57. The monoisotopic (exact) mass is 302 g/mol. The van der Waals surface area contributed by atoms with Gasteiger partial charge in [0.2, 0.25) is 0 Å². The first-order valence-corrected chi connectivity index (χ1v) is 7.76. The Labute approximate surface area is 129 Å². The third kappa shape index (κ3) is 3.38. The Balaban J connectivity index is 1.73. The lowest BCUT2D eigenvalue weighted by atomic mass is 10.1. The molecule has 1 fully saturated rings. The Bertz CT molecular complexity index is 637. The number of nitrogens with zero attached hydrogens (tertiary/aromatic N) is 1. The van der Waals surface area contributed by atoms with Crippen molar-refractivity contribution >= 4 is 11.4 Å². The lowest BCUT2D eigenvalue weighted by Crippen LogP contribution is -2.30. The number of para-hydroxylation sites is 2. The number of benzene rings is 2. The normalized spacial score (nSPS) is 14.9. The van der Waals surface area contributed by atoms with Gasteiger partial charge < -0.3 is 10.2 Å². The van der Waals surface area contributed by atoms with Crippen molar-refractivity contribution < 1.29 is 8.78 Å². The van der Waals surface area contributed by atoms with Crippen LogP contribution in [0, 0.1) is 11.6 Å². The fourth-order valence-electron chi connectivity index (χ4n) is 2.88. The molecule has 0 aromatic heterocycles. The van der Waals surface area contributed by atoms with Crippen molar-refractivity contribution in [1.82, 2.24) is 0 Å². The summed E-state index contributed by atoms with van der Waals surface area (Å²) in [5, 5.41) is 3.34. The van der Waals surface area contributed by atoms with Gasteiger partial charge in [-0.1, -0.05) is 18.2 Å². The molecule has 0 radical (unpaired) electrons. The topological polar surface area (TPSA) is 15.3 Å². The summed E-state index contributed by atoms with van der Waals surface area (Å²) in [4.78, 5) is 2.39. The van der Waals surface area contributed by atoms with Gasteiger partial charge in [0.05, 0.1) is 11.4 Å². The van der Waals surface area contributed by atoms with Gasteiger partial charge in [-0.2, -0.15) is 0 Å². The Hall–Kier alpha value is -2.10. The van der Waals surface area contributed by atoms with E-state index in [2.05, 4.69) is 16.3 Å². The first-order chi connectivity index (χ1) is 10.7. The standard InChI is InChI=1S/C18H20F2N2/c19-15-9-8-14(12-16(15)20)13-21-17-6-2-3-7-18(17)22-10-4-1-5-11-22/h2-3,6-9,12,21H,1,4-5,10-11,13H2. The Morgan fingerprint density at radius 3 is 2.45 bits per heavy atom. The predicted molar refractivity (Wildman–Crippen MR) is 86.2 cm³/mol. The number of hydrogen-bond donors (Lipinski definition) is 1. The zero-order valence-electron chi connectivity index (χ0n) is 12.5. The Morgan fingerprint density at radius 1 is 0.909 bits per heavy atom. The van der Waals surface area contributed by atoms with E-state index in [1.165, 1.54) is 37.1 Å². The summed E-state index contributed by atoms with van der Waals surface area (Å²) in [5.74, 6) is -1.61. The molecular weight excluding hydrogens is 282 g/mol. The first-order valence-electron chi connectivity index (χ1n) is 7.76. The minimum absolute atomic E-state index is 0.474. The summed E-state index contributed by atoms with van der Waals surface area (Å²) in [6, 6.07) is 12.2. The van der Waals surface area contributed by atoms with Crippen LogP contribution in [0.2, 0.25) is 0 Å². The van der Waals surface area contributed by atoms with Crippen LogP contribution >= 0.6 is 0 Å². The van der Waals surface area contributed by atoms with Crippen molar-refractivity contribution in [3.8, 4) is 0 Å². The molecule has 1 aliphatic rings. The minimum atomic E-state index is -0.808. The van der Waals surface area contributed by atoms with E-state index in [1.807, 2.05) is 18.2 Å². The van der Waals surface area contributed by atoms with E-state index < -0.39 is 11.6 Å². The Kier molecular flexibility index (Phi) is 4.56. The van der Waals surface area contributed by atoms with Gasteiger partial charge >= 0.3 is 0 Å². The molecule has 116 valence electrons. The molecule has 1 saturated heterocycles. The van der Waals surface area contributed by atoms with Crippen molar-refractivity contribution in [2.75, 3.05) is 23.3 Å². The average molecular weight is 302 g/mol. The number of hydrogen-bond acceptors (Lipinski definition) is 2. The quantitative estimate of drug-likeness (QED) is 0.890. The van der Waals surface area contributed by atoms with Crippen LogP contribution in [0.15, 0.2) is 42.5 Å². The third-order valence-electron chi connectivity index (χ3n) is 4.07. The van der Waals surface area contributed by atoms with Crippen LogP contribution < -0.4 is 10.2 Å². The van der Waals surface area contributed by atoms with E-state index in [0.29, 0.717) is 6.54 Å². The molecular formula is C18H20F2N2. The Morgan fingerprint density at radius 2 is 1.68 bits per heavy atom. The highest BCUT2D eigenvalue weighted by Gasteiger charge is 2.14. The molecule has 4 heteroatoms. The second-order valence-electron chi connectivity index (χ2n) is 5.67. The van der Waals surface area contributed by atoms with Gasteiger partial charge in [-0.15, -0.1) is 0 Å². The highest BCUT2D eigenvalue weighted by atomic mass is 19.2. The number of nitrogens with one attached hydrogen (secondary N) is 1. The van der Waals surface area contributed by atoms with Gasteiger partial charge in [-0.05, 0) is 49.1 Å². The first kappa shape index (κ1) is 14.8. The molecule has 1 heterocycles. The molecule has 2 aromatic carbocycles. The van der Waals surface area contributed by atoms with Gasteiger partial charge in [0.15, 0.2) is 11.6 Å². The fraction of sp³-hybridized carbons (Fsp3) is 0.333. The number of rotatable bonds is 4. The van der Waals surface area contributed by atoms with Gasteiger partial charge in [-0.3, -0.25) is 0 Å². The molecule has 1 aliphatic heterocycles. The second kappa shape index (κ2) is 6.77. The predicted octanol–water partition coefficient (Wildman–Crippen LogP) is 4.57. The number of halogens is 2. The smallest absolute Gasteiger partial charge is 0.159 e. The maximum Gasteiger partial charge on any atom is 0.159 e. The summed E-state index contributed by atoms with van der Waals surface area (Å²) in [6.07, 6.45) is 3.73. The molecule has 0 saturated carbocycles. The summed E-state index contributed by atoms with van der Waals surface area (Å²) in [6.45, 7) is 2.62. The van der Waals surface area contributed by atoms with E-state index in [9.17, 15) is 8.78 Å². The van der Waals surface area contributed by atoms with Crippen LogP contribution in [-0.4, -0.2) is 13.1 Å². The van der Waals surface area contributed by atoms with Crippen LogP contribution in [0.4, 0.5) is 20.2 Å². The summed E-state index contributed by atoms with van der Waals surface area (Å²) in [5.41, 5.74) is 2.95. The molecule has 3 rings (SSSR count). The molecule has 1 N–H and O–H groups in total. The van der Waals surface area contributed by atoms with Crippen LogP contribution in [0.3, 0.4) is 0 Å². The lowest BCUT2D eigenvalue weighted by Gasteiger charge is -2.30. The van der Waals surface area contributed by atoms with Gasteiger partial charge in [-0.25, -0.2) is 8.78 Å². The third-order valence-corrected chi connectivity index (χ3v) is 4.07. The van der Waals surface area contributed by atoms with E-state index in [1.54, 1.807) is 6.07 Å². The largest absolute Gasteiger partial charge is 0.379 e. The van der Waals surface area contributed by atoms with Gasteiger partial charge in [0.1, 0.15) is 0 Å². The highest BCUT2D eigenvalue weighted by molar-refractivity contribution is 5.70. The van der Waals surface area contributed by atoms with Gasteiger partial charge in [0.25, 0.3) is 0 Å². The van der Waals surface area contributed by atoms with Crippen molar-refractivity contribution in [3.05, 3.63) is 59.7 Å². The molecule has 0 unspecified atom stereocenters. The number of anilines is 2. The van der Waals surface area contributed by atoms with Crippen molar-refractivity contribution in [2.24, 2.45) is 0 Å². The minimum Gasteiger partial charge on any atom is -0.379 e. The molecule has 0 spiro atoms. The molecule has 0 bridgehead atoms. The van der Waals surface area contributed by atoms with Crippen LogP contribution in [0.5, 0.6) is 0 Å². The molecule has 0 aliphatic carbocycles. The second-order valence-corrected chi connectivity index (χ2v) is 5.67. The lowest BCUT2D eigenvalue weighted by molar-refractivity contribution is 0.507. The maximum atomic E-state index is 13.3. The van der Waals surface area contributed by atoms with Gasteiger partial charge in [0, 0.05) is 19.6 Å². The zero-order valence-corrected chi connectivity index (χ0v) is 12.5. The molecule has 0 atom stereocenters. The summed E-state index contributed by atoms with van der Waals surface area (Å²) < 4.78 is 26.2. The molecule has 2 aromatic rings. The van der Waals surface area contributed by atoms with Crippen molar-refractivity contribution in [3.63, 3.8) is 0 Å². The summed E-state index contributed by atoms with van der Waals surface area (Å²) in [7, 11) is 0. The maximum absolute atomic E-state index is 13.3.